The molecule has 5 aromatic rings. The van der Waals surface area contributed by atoms with Crippen molar-refractivity contribution in [1.29, 1.82) is 0 Å². The number of nitrogens with zero attached hydrogens (tertiary/aromatic N) is 2. The van der Waals surface area contributed by atoms with Crippen molar-refractivity contribution in [2.75, 3.05) is 4.90 Å². The van der Waals surface area contributed by atoms with E-state index in [0.29, 0.717) is 5.56 Å². The predicted molar refractivity (Wildman–Crippen MR) is 135 cm³/mol. The van der Waals surface area contributed by atoms with Crippen LogP contribution < -0.4 is 4.90 Å². The maximum Gasteiger partial charge on any atom is 0.263 e. The smallest absolute Gasteiger partial charge is 0.263 e. The van der Waals surface area contributed by atoms with Crippen molar-refractivity contribution in [3.05, 3.63) is 132 Å². The second-order valence-electron chi connectivity index (χ2n) is 8.06. The zero-order valence-electron chi connectivity index (χ0n) is 17.8. The minimum absolute atomic E-state index is 0.0371. The van der Waals surface area contributed by atoms with Crippen molar-refractivity contribution >= 4 is 34.3 Å². The Balaban J connectivity index is 1.59. The molecule has 4 aromatic carbocycles. The van der Waals surface area contributed by atoms with Gasteiger partial charge in [-0.3, -0.25) is 14.7 Å². The molecular weight excluding hydrogens is 404 g/mol. The van der Waals surface area contributed by atoms with Gasteiger partial charge < -0.3 is 0 Å². The molecule has 0 unspecified atom stereocenters. The number of carbonyl (C=O) groups excluding carboxylic acids is 1. The molecule has 3 nitrogen and oxygen atoms in total. The third-order valence-electron chi connectivity index (χ3n) is 6.03. The van der Waals surface area contributed by atoms with E-state index < -0.39 is 0 Å². The molecule has 3 heteroatoms. The van der Waals surface area contributed by atoms with Crippen LogP contribution in [0.2, 0.25) is 0 Å². The Morgan fingerprint density at radius 3 is 2.24 bits per heavy atom. The lowest BCUT2D eigenvalue weighted by atomic mass is 9.98. The fourth-order valence-corrected chi connectivity index (χ4v) is 4.46. The molecule has 0 spiro atoms. The Bertz CT molecular complexity index is 1520. The van der Waals surface area contributed by atoms with Gasteiger partial charge in [0.25, 0.3) is 5.91 Å². The van der Waals surface area contributed by atoms with E-state index in [-0.39, 0.29) is 5.91 Å². The van der Waals surface area contributed by atoms with Gasteiger partial charge in [0.1, 0.15) is 0 Å². The summed E-state index contributed by atoms with van der Waals surface area (Å²) in [5, 5.41) is 1.00. The molecule has 1 aliphatic rings. The van der Waals surface area contributed by atoms with Crippen LogP contribution in [-0.4, -0.2) is 10.9 Å². The Kier molecular flexibility index (Phi) is 4.59. The highest BCUT2D eigenvalue weighted by Gasteiger charge is 2.34. The first-order chi connectivity index (χ1) is 16.3. The summed E-state index contributed by atoms with van der Waals surface area (Å²) in [5.41, 5.74) is 7.33. The van der Waals surface area contributed by atoms with Gasteiger partial charge in [-0.25, -0.2) is 0 Å². The van der Waals surface area contributed by atoms with Crippen molar-refractivity contribution in [1.82, 2.24) is 4.98 Å². The highest BCUT2D eigenvalue weighted by molar-refractivity contribution is 6.26. The topological polar surface area (TPSA) is 33.2 Å². The summed E-state index contributed by atoms with van der Waals surface area (Å²) in [6, 6.07) is 36.4. The van der Waals surface area contributed by atoms with Crippen LogP contribution in [0.5, 0.6) is 0 Å². The standard InChI is InChI=1S/C30H20N2O/c33-30-25-17-16-24(22-11-5-2-6-12-22)20-26(25)28(19-21-9-3-1-4-10-21)32(30)27-15-7-13-23-14-8-18-31-29(23)27/h1-20H/b28-19-. The van der Waals surface area contributed by atoms with E-state index in [0.717, 1.165) is 44.5 Å². The summed E-state index contributed by atoms with van der Waals surface area (Å²) in [4.78, 5) is 20.2. The number of hydrogen-bond donors (Lipinski definition) is 0. The molecule has 0 atom stereocenters. The number of aromatic nitrogens is 1. The lowest BCUT2D eigenvalue weighted by Gasteiger charge is -2.20. The number of carbonyl (C=O) groups is 1. The summed E-state index contributed by atoms with van der Waals surface area (Å²) in [6.45, 7) is 0. The first-order valence-electron chi connectivity index (χ1n) is 10.9. The van der Waals surface area contributed by atoms with Gasteiger partial charge in [0.15, 0.2) is 0 Å². The van der Waals surface area contributed by atoms with Gasteiger partial charge in [0.05, 0.1) is 16.9 Å². The molecule has 0 aliphatic carbocycles. The molecule has 33 heavy (non-hydrogen) atoms. The molecular formula is C30H20N2O. The molecule has 0 saturated heterocycles. The van der Waals surface area contributed by atoms with Crippen LogP contribution in [0.4, 0.5) is 5.69 Å². The van der Waals surface area contributed by atoms with Crippen LogP contribution in [0.1, 0.15) is 21.5 Å². The first kappa shape index (κ1) is 19.2. The van der Waals surface area contributed by atoms with Gasteiger partial charge in [0.2, 0.25) is 0 Å². The number of amides is 1. The molecule has 1 amide bonds. The lowest BCUT2D eigenvalue weighted by molar-refractivity contribution is 0.101. The molecule has 156 valence electrons. The van der Waals surface area contributed by atoms with Crippen molar-refractivity contribution in [3.8, 4) is 11.1 Å². The molecule has 0 N–H and O–H groups in total. The molecule has 1 aliphatic heterocycles. The third-order valence-corrected chi connectivity index (χ3v) is 6.03. The Labute approximate surface area is 192 Å². The summed E-state index contributed by atoms with van der Waals surface area (Å²) in [6.07, 6.45) is 3.86. The molecule has 0 radical (unpaired) electrons. The first-order valence-corrected chi connectivity index (χ1v) is 10.9. The minimum Gasteiger partial charge on any atom is -0.274 e. The van der Waals surface area contributed by atoms with Gasteiger partial charge in [-0.15, -0.1) is 0 Å². The Hall–Kier alpha value is -4.50. The quantitative estimate of drug-likeness (QED) is 0.311. The van der Waals surface area contributed by atoms with Crippen molar-refractivity contribution in [2.24, 2.45) is 0 Å². The fraction of sp³-hybridized carbons (Fsp3) is 0. The molecule has 0 fully saturated rings. The van der Waals surface area contributed by atoms with Crippen LogP contribution in [0, 0.1) is 0 Å². The van der Waals surface area contributed by atoms with Crippen LogP contribution in [-0.2, 0) is 0 Å². The third kappa shape index (κ3) is 3.31. The van der Waals surface area contributed by atoms with Crippen molar-refractivity contribution in [2.45, 2.75) is 0 Å². The van der Waals surface area contributed by atoms with E-state index >= 15 is 0 Å². The zero-order chi connectivity index (χ0) is 22.2. The predicted octanol–water partition coefficient (Wildman–Crippen LogP) is 7.06. The Morgan fingerprint density at radius 1 is 0.667 bits per heavy atom. The number of para-hydroxylation sites is 1. The average molecular weight is 425 g/mol. The number of anilines is 1. The summed E-state index contributed by atoms with van der Waals surface area (Å²) >= 11 is 0. The normalized spacial score (nSPS) is 14.1. The van der Waals surface area contributed by atoms with Gasteiger partial charge in [-0.2, -0.15) is 0 Å². The highest BCUT2D eigenvalue weighted by Crippen LogP contribution is 2.41. The van der Waals surface area contributed by atoms with Crippen molar-refractivity contribution in [3.63, 3.8) is 0 Å². The fourth-order valence-electron chi connectivity index (χ4n) is 4.46. The highest BCUT2D eigenvalue weighted by atomic mass is 16.2. The summed E-state index contributed by atoms with van der Waals surface area (Å²) < 4.78 is 0. The average Bonchev–Trinajstić information content (AvgIpc) is 3.15. The second kappa shape index (κ2) is 7.88. The van der Waals surface area contributed by atoms with Crippen LogP contribution >= 0.6 is 0 Å². The maximum atomic E-state index is 13.7. The lowest BCUT2D eigenvalue weighted by Crippen LogP contribution is -2.22. The summed E-state index contributed by atoms with van der Waals surface area (Å²) in [5.74, 6) is -0.0371. The van der Waals surface area contributed by atoms with Gasteiger partial charge in [0, 0.05) is 22.7 Å². The maximum absolute atomic E-state index is 13.7. The second-order valence-corrected chi connectivity index (χ2v) is 8.06. The SMILES string of the molecule is O=C1c2ccc(-c3ccccc3)cc2/C(=C/c2ccccc2)N1c1cccc2cccnc12. The van der Waals surface area contributed by atoms with Crippen LogP contribution in [0.25, 0.3) is 33.8 Å². The largest absolute Gasteiger partial charge is 0.274 e. The van der Waals surface area contributed by atoms with E-state index in [1.165, 1.54) is 0 Å². The number of pyridine rings is 1. The van der Waals surface area contributed by atoms with E-state index in [1.54, 1.807) is 6.20 Å². The van der Waals surface area contributed by atoms with E-state index in [1.807, 2.05) is 83.8 Å². The van der Waals surface area contributed by atoms with E-state index in [4.69, 9.17) is 0 Å². The molecule has 0 saturated carbocycles. The monoisotopic (exact) mass is 424 g/mol. The molecule has 1 aromatic heterocycles. The van der Waals surface area contributed by atoms with Crippen LogP contribution in [0.3, 0.4) is 0 Å². The van der Waals surface area contributed by atoms with Gasteiger partial charge in [-0.1, -0.05) is 84.9 Å². The minimum atomic E-state index is -0.0371. The number of fused-ring (bicyclic) bond motifs is 2. The molecule has 2 heterocycles. The number of rotatable bonds is 3. The van der Waals surface area contributed by atoms with Crippen LogP contribution in [0.15, 0.2) is 115 Å². The van der Waals surface area contributed by atoms with E-state index in [9.17, 15) is 4.79 Å². The van der Waals surface area contributed by atoms with Gasteiger partial charge in [-0.05, 0) is 47.0 Å². The molecule has 0 bridgehead atoms. The van der Waals surface area contributed by atoms with Gasteiger partial charge >= 0.3 is 0 Å². The van der Waals surface area contributed by atoms with Crippen molar-refractivity contribution < 1.29 is 4.79 Å². The molecule has 6 rings (SSSR count). The Morgan fingerprint density at radius 2 is 1.42 bits per heavy atom. The summed E-state index contributed by atoms with van der Waals surface area (Å²) in [7, 11) is 0. The van der Waals surface area contributed by atoms with E-state index in [2.05, 4.69) is 41.4 Å². The number of benzene rings is 4. The number of hydrogen-bond acceptors (Lipinski definition) is 2. The zero-order valence-corrected chi connectivity index (χ0v) is 17.8.